The first-order chi connectivity index (χ1) is 14.2. The van der Waals surface area contributed by atoms with E-state index in [1.54, 1.807) is 25.9 Å². The van der Waals surface area contributed by atoms with Crippen molar-refractivity contribution in [1.29, 1.82) is 0 Å². The third kappa shape index (κ3) is 5.88. The number of hydrogen-bond donors (Lipinski definition) is 2. The van der Waals surface area contributed by atoms with Gasteiger partial charge in [-0.2, -0.15) is 0 Å². The minimum absolute atomic E-state index is 0.578. The predicted molar refractivity (Wildman–Crippen MR) is 119 cm³/mol. The zero-order valence-corrected chi connectivity index (χ0v) is 18.5. The number of methoxy groups -OCH3 is 1. The molecule has 0 amide bonds. The van der Waals surface area contributed by atoms with Crippen molar-refractivity contribution in [2.75, 3.05) is 27.0 Å². The van der Waals surface area contributed by atoms with Gasteiger partial charge in [-0.1, -0.05) is 36.7 Å². The maximum atomic E-state index is 5.20. The molecule has 0 saturated heterocycles. The van der Waals surface area contributed by atoms with Gasteiger partial charge in [0.1, 0.15) is 11.6 Å². The number of ether oxygens (including phenoxy) is 1. The summed E-state index contributed by atoms with van der Waals surface area (Å²) in [5.41, 5.74) is 1.18. The van der Waals surface area contributed by atoms with Gasteiger partial charge in [-0.3, -0.25) is 4.99 Å². The summed E-state index contributed by atoms with van der Waals surface area (Å²) in [6, 6.07) is 8.62. The second-order valence-electron chi connectivity index (χ2n) is 7.22. The Kier molecular flexibility index (Phi) is 8.22. The summed E-state index contributed by atoms with van der Waals surface area (Å²) < 4.78 is 7.58. The Balaban J connectivity index is 1.45. The van der Waals surface area contributed by atoms with Gasteiger partial charge >= 0.3 is 0 Å². The Morgan fingerprint density at radius 2 is 1.97 bits per heavy atom. The van der Waals surface area contributed by atoms with Crippen molar-refractivity contribution in [1.82, 2.24) is 25.4 Å². The molecule has 0 radical (unpaired) electrons. The number of aryl methyl sites for hydroxylation is 1. The van der Waals surface area contributed by atoms with Crippen molar-refractivity contribution < 1.29 is 4.74 Å². The molecular formula is C21H32N6OS. The van der Waals surface area contributed by atoms with Crippen molar-refractivity contribution in [3.05, 3.63) is 35.7 Å². The quantitative estimate of drug-likeness (QED) is 0.282. The normalized spacial score (nSPS) is 14.9. The molecule has 3 rings (SSSR count). The fourth-order valence-electron chi connectivity index (χ4n) is 3.75. The van der Waals surface area contributed by atoms with Crippen LogP contribution in [0.2, 0.25) is 0 Å². The average molecular weight is 417 g/mol. The Labute approximate surface area is 177 Å². The van der Waals surface area contributed by atoms with Gasteiger partial charge in [-0.05, 0) is 43.2 Å². The smallest absolute Gasteiger partial charge is 0.191 e. The largest absolute Gasteiger partial charge is 0.497 e. The van der Waals surface area contributed by atoms with Crippen LogP contribution in [-0.2, 0) is 13.0 Å². The molecule has 0 aliphatic heterocycles. The third-order valence-corrected chi connectivity index (χ3v) is 5.96. The highest BCUT2D eigenvalue weighted by Gasteiger charge is 2.23. The van der Waals surface area contributed by atoms with E-state index in [2.05, 4.69) is 48.8 Å². The van der Waals surface area contributed by atoms with Crippen LogP contribution in [0.4, 0.5) is 0 Å². The summed E-state index contributed by atoms with van der Waals surface area (Å²) in [7, 11) is 3.47. The second-order valence-corrected chi connectivity index (χ2v) is 7.99. The van der Waals surface area contributed by atoms with Crippen molar-refractivity contribution in [3.8, 4) is 5.75 Å². The molecule has 1 aromatic heterocycles. The van der Waals surface area contributed by atoms with Gasteiger partial charge in [-0.25, -0.2) is 0 Å². The first kappa shape index (κ1) is 21.5. The van der Waals surface area contributed by atoms with E-state index in [0.717, 1.165) is 48.6 Å². The fourth-order valence-corrected chi connectivity index (χ4v) is 4.32. The van der Waals surface area contributed by atoms with Crippen LogP contribution in [0.15, 0.2) is 34.4 Å². The Hall–Kier alpha value is -2.22. The highest BCUT2D eigenvalue weighted by Crippen LogP contribution is 2.33. The summed E-state index contributed by atoms with van der Waals surface area (Å²) in [5.74, 6) is 2.79. The molecule has 1 saturated carbocycles. The fraction of sp³-hybridized carbons (Fsp3) is 0.571. The van der Waals surface area contributed by atoms with E-state index < -0.39 is 0 Å². The maximum absolute atomic E-state index is 5.20. The molecule has 1 aliphatic carbocycles. The molecule has 158 valence electrons. The molecule has 2 N–H and O–H groups in total. The van der Waals surface area contributed by atoms with E-state index in [9.17, 15) is 0 Å². The lowest BCUT2D eigenvalue weighted by Crippen LogP contribution is -2.37. The predicted octanol–water partition coefficient (Wildman–Crippen LogP) is 3.42. The van der Waals surface area contributed by atoms with Crippen LogP contribution in [0.1, 0.15) is 49.5 Å². The zero-order valence-electron chi connectivity index (χ0n) is 17.6. The van der Waals surface area contributed by atoms with Gasteiger partial charge in [0, 0.05) is 32.6 Å². The molecule has 0 spiro atoms. The summed E-state index contributed by atoms with van der Waals surface area (Å²) >= 11 is 1.69. The van der Waals surface area contributed by atoms with Crippen molar-refractivity contribution in [3.63, 3.8) is 0 Å². The molecule has 1 heterocycles. The summed E-state index contributed by atoms with van der Waals surface area (Å²) in [4.78, 5) is 4.31. The van der Waals surface area contributed by atoms with Crippen LogP contribution in [0, 0.1) is 0 Å². The van der Waals surface area contributed by atoms with Crippen LogP contribution in [-0.4, -0.2) is 47.7 Å². The number of hydrogen-bond acceptors (Lipinski definition) is 5. The van der Waals surface area contributed by atoms with Crippen molar-refractivity contribution in [2.24, 2.45) is 4.99 Å². The van der Waals surface area contributed by atoms with Crippen LogP contribution < -0.4 is 15.4 Å². The lowest BCUT2D eigenvalue weighted by molar-refractivity contribution is 0.414. The zero-order chi connectivity index (χ0) is 20.5. The van der Waals surface area contributed by atoms with Gasteiger partial charge in [0.05, 0.1) is 7.11 Å². The minimum Gasteiger partial charge on any atom is -0.497 e. The van der Waals surface area contributed by atoms with Gasteiger partial charge in [0.2, 0.25) is 0 Å². The highest BCUT2D eigenvalue weighted by molar-refractivity contribution is 7.98. The molecule has 0 bridgehead atoms. The average Bonchev–Trinajstić information content (AvgIpc) is 3.43. The van der Waals surface area contributed by atoms with Crippen LogP contribution in [0.25, 0.3) is 0 Å². The Morgan fingerprint density at radius 1 is 1.21 bits per heavy atom. The summed E-state index contributed by atoms with van der Waals surface area (Å²) in [5, 5.41) is 16.7. The van der Waals surface area contributed by atoms with E-state index in [0.29, 0.717) is 6.04 Å². The monoisotopic (exact) mass is 416 g/mol. The van der Waals surface area contributed by atoms with Gasteiger partial charge in [0.25, 0.3) is 0 Å². The van der Waals surface area contributed by atoms with E-state index in [1.807, 2.05) is 12.1 Å². The molecule has 7 nitrogen and oxygen atoms in total. The molecule has 1 aromatic carbocycles. The maximum Gasteiger partial charge on any atom is 0.191 e. The first-order valence-corrected chi connectivity index (χ1v) is 11.5. The van der Waals surface area contributed by atoms with E-state index in [4.69, 9.17) is 4.74 Å². The number of aliphatic imine (C=N–C) groups is 1. The van der Waals surface area contributed by atoms with E-state index in [-0.39, 0.29) is 0 Å². The molecular weight excluding hydrogens is 384 g/mol. The molecule has 0 atom stereocenters. The lowest BCUT2D eigenvalue weighted by atomic mass is 10.2. The number of thioether (sulfide) groups is 1. The molecule has 1 aliphatic rings. The number of aromatic nitrogens is 3. The summed E-state index contributed by atoms with van der Waals surface area (Å²) in [6.45, 7) is 1.56. The molecule has 0 unspecified atom stereocenters. The standard InChI is InChI=1S/C21H32N6OS/c1-22-20(24-15-16-10-12-18(28-2)13-11-16)23-14-6-9-19-25-26-21(29-3)27(19)17-7-4-5-8-17/h10-13,17H,4-9,14-15H2,1-3H3,(H2,22,23,24). The number of rotatable bonds is 9. The van der Waals surface area contributed by atoms with Crippen LogP contribution in [0.3, 0.4) is 0 Å². The summed E-state index contributed by atoms with van der Waals surface area (Å²) in [6.07, 6.45) is 9.12. The van der Waals surface area contributed by atoms with E-state index >= 15 is 0 Å². The first-order valence-electron chi connectivity index (χ1n) is 10.3. The molecule has 8 heteroatoms. The Bertz CT molecular complexity index is 783. The molecule has 29 heavy (non-hydrogen) atoms. The van der Waals surface area contributed by atoms with Crippen molar-refractivity contribution >= 4 is 17.7 Å². The number of benzene rings is 1. The molecule has 2 aromatic rings. The number of nitrogens with zero attached hydrogens (tertiary/aromatic N) is 4. The lowest BCUT2D eigenvalue weighted by Gasteiger charge is -2.16. The topological polar surface area (TPSA) is 76.4 Å². The number of nitrogens with one attached hydrogen (secondary N) is 2. The van der Waals surface area contributed by atoms with Gasteiger partial charge in [0.15, 0.2) is 11.1 Å². The minimum atomic E-state index is 0.578. The molecule has 1 fully saturated rings. The third-order valence-electron chi connectivity index (χ3n) is 5.32. The van der Waals surface area contributed by atoms with Gasteiger partial charge < -0.3 is 19.9 Å². The van der Waals surface area contributed by atoms with Crippen LogP contribution >= 0.6 is 11.8 Å². The second kappa shape index (κ2) is 11.1. The van der Waals surface area contributed by atoms with Crippen LogP contribution in [0.5, 0.6) is 5.75 Å². The Morgan fingerprint density at radius 3 is 2.62 bits per heavy atom. The van der Waals surface area contributed by atoms with Gasteiger partial charge in [-0.15, -0.1) is 10.2 Å². The SMILES string of the molecule is CN=C(NCCCc1nnc(SC)n1C1CCCC1)NCc1ccc(OC)cc1. The van der Waals surface area contributed by atoms with E-state index in [1.165, 1.54) is 31.2 Å². The van der Waals surface area contributed by atoms with Crippen molar-refractivity contribution in [2.45, 2.75) is 56.3 Å². The number of guanidine groups is 1. The highest BCUT2D eigenvalue weighted by atomic mass is 32.2.